The SMILES string of the molecule is CC(C)Oc1ccc(-c2nc(-c3ccc4c(c3)CCN(CC(=O)NCCCO)CC4)no2)cc1C#N. The first-order chi connectivity index (χ1) is 17.5. The molecule has 2 heterocycles. The van der Waals surface area contributed by atoms with Crippen molar-refractivity contribution >= 4 is 5.91 Å². The number of aliphatic hydroxyl groups is 1. The predicted octanol–water partition coefficient (Wildman–Crippen LogP) is 2.96. The Bertz CT molecular complexity index is 1250. The van der Waals surface area contributed by atoms with E-state index in [9.17, 15) is 10.1 Å². The molecule has 2 N–H and O–H groups in total. The summed E-state index contributed by atoms with van der Waals surface area (Å²) in [6, 6.07) is 13.6. The van der Waals surface area contributed by atoms with Crippen molar-refractivity contribution in [2.45, 2.75) is 39.2 Å². The Kier molecular flexibility index (Phi) is 8.31. The number of aliphatic hydroxyl groups excluding tert-OH is 1. The number of fused-ring (bicyclic) bond motifs is 1. The molecule has 1 aliphatic heterocycles. The summed E-state index contributed by atoms with van der Waals surface area (Å²) in [6.07, 6.45) is 2.21. The van der Waals surface area contributed by atoms with Crippen LogP contribution in [-0.2, 0) is 17.6 Å². The number of benzene rings is 2. The lowest BCUT2D eigenvalue weighted by Crippen LogP contribution is -2.38. The minimum atomic E-state index is -0.0349. The van der Waals surface area contributed by atoms with Gasteiger partial charge in [-0.15, -0.1) is 0 Å². The number of nitrogens with zero attached hydrogens (tertiary/aromatic N) is 4. The monoisotopic (exact) mass is 489 g/mol. The molecule has 2 aromatic carbocycles. The van der Waals surface area contributed by atoms with Crippen LogP contribution in [0.5, 0.6) is 5.75 Å². The first kappa shape index (κ1) is 25.4. The molecule has 0 aliphatic carbocycles. The van der Waals surface area contributed by atoms with Crippen molar-refractivity contribution in [1.82, 2.24) is 20.4 Å². The summed E-state index contributed by atoms with van der Waals surface area (Å²) >= 11 is 0. The summed E-state index contributed by atoms with van der Waals surface area (Å²) in [6.45, 7) is 6.33. The van der Waals surface area contributed by atoms with Gasteiger partial charge in [0.25, 0.3) is 5.89 Å². The Hall–Kier alpha value is -3.74. The second-order valence-electron chi connectivity index (χ2n) is 9.10. The molecule has 1 amide bonds. The minimum Gasteiger partial charge on any atom is -0.490 e. The lowest BCUT2D eigenvalue weighted by atomic mass is 10.00. The van der Waals surface area contributed by atoms with Gasteiger partial charge in [-0.05, 0) is 68.5 Å². The van der Waals surface area contributed by atoms with Gasteiger partial charge in [-0.3, -0.25) is 9.69 Å². The van der Waals surface area contributed by atoms with Crippen LogP contribution in [0.25, 0.3) is 22.8 Å². The number of nitrogens with one attached hydrogen (secondary N) is 1. The van der Waals surface area contributed by atoms with E-state index in [1.54, 1.807) is 18.2 Å². The molecule has 188 valence electrons. The van der Waals surface area contributed by atoms with E-state index >= 15 is 0 Å². The van der Waals surface area contributed by atoms with Gasteiger partial charge in [0.05, 0.1) is 18.2 Å². The number of hydrogen-bond acceptors (Lipinski definition) is 8. The first-order valence-corrected chi connectivity index (χ1v) is 12.2. The predicted molar refractivity (Wildman–Crippen MR) is 134 cm³/mol. The minimum absolute atomic E-state index is 0.0159. The van der Waals surface area contributed by atoms with Gasteiger partial charge in [0.1, 0.15) is 11.8 Å². The van der Waals surface area contributed by atoms with Crippen molar-refractivity contribution in [3.63, 3.8) is 0 Å². The maximum Gasteiger partial charge on any atom is 0.258 e. The number of carbonyl (C=O) groups excluding carboxylic acids is 1. The molecule has 9 nitrogen and oxygen atoms in total. The maximum absolute atomic E-state index is 12.1. The zero-order valence-electron chi connectivity index (χ0n) is 20.7. The van der Waals surface area contributed by atoms with Crippen molar-refractivity contribution in [2.75, 3.05) is 32.8 Å². The summed E-state index contributed by atoms with van der Waals surface area (Å²) in [7, 11) is 0. The van der Waals surface area contributed by atoms with Crippen molar-refractivity contribution in [1.29, 1.82) is 5.26 Å². The summed E-state index contributed by atoms with van der Waals surface area (Å²) in [5.74, 6) is 1.33. The van der Waals surface area contributed by atoms with Crippen LogP contribution in [0.3, 0.4) is 0 Å². The van der Waals surface area contributed by atoms with Gasteiger partial charge in [-0.25, -0.2) is 0 Å². The third kappa shape index (κ3) is 6.27. The molecule has 0 saturated carbocycles. The van der Waals surface area contributed by atoms with E-state index in [0.717, 1.165) is 31.5 Å². The number of nitriles is 1. The summed E-state index contributed by atoms with van der Waals surface area (Å²) in [5, 5.41) is 25.4. The van der Waals surface area contributed by atoms with E-state index in [2.05, 4.69) is 38.6 Å². The highest BCUT2D eigenvalue weighted by Gasteiger charge is 2.19. The normalized spacial score (nSPS) is 13.6. The maximum atomic E-state index is 12.1. The molecule has 3 aromatic rings. The fraction of sp³-hybridized carbons (Fsp3) is 0.407. The van der Waals surface area contributed by atoms with Crippen LogP contribution in [0, 0.1) is 11.3 Å². The molecule has 0 radical (unpaired) electrons. The van der Waals surface area contributed by atoms with Gasteiger partial charge < -0.3 is 19.7 Å². The Morgan fingerprint density at radius 3 is 2.72 bits per heavy atom. The average Bonchev–Trinajstić information content (AvgIpc) is 3.28. The highest BCUT2D eigenvalue weighted by molar-refractivity contribution is 5.78. The topological polar surface area (TPSA) is 125 Å². The molecule has 1 aliphatic rings. The van der Waals surface area contributed by atoms with Crippen molar-refractivity contribution in [3.8, 4) is 34.7 Å². The van der Waals surface area contributed by atoms with Crippen LogP contribution in [0.4, 0.5) is 0 Å². The van der Waals surface area contributed by atoms with Gasteiger partial charge in [-0.1, -0.05) is 17.3 Å². The molecule has 0 bridgehead atoms. The summed E-state index contributed by atoms with van der Waals surface area (Å²) in [5.41, 5.74) is 4.40. The van der Waals surface area contributed by atoms with E-state index in [0.29, 0.717) is 48.1 Å². The van der Waals surface area contributed by atoms with E-state index in [4.69, 9.17) is 14.4 Å². The Morgan fingerprint density at radius 1 is 1.19 bits per heavy atom. The van der Waals surface area contributed by atoms with Crippen LogP contribution in [0.2, 0.25) is 0 Å². The number of ether oxygens (including phenoxy) is 1. The number of carbonyl (C=O) groups is 1. The summed E-state index contributed by atoms with van der Waals surface area (Å²) in [4.78, 5) is 18.9. The van der Waals surface area contributed by atoms with E-state index in [1.165, 1.54) is 11.1 Å². The molecule has 0 unspecified atom stereocenters. The molecule has 9 heteroatoms. The van der Waals surface area contributed by atoms with Crippen molar-refractivity contribution in [3.05, 3.63) is 53.1 Å². The highest BCUT2D eigenvalue weighted by Crippen LogP contribution is 2.29. The largest absolute Gasteiger partial charge is 0.490 e. The fourth-order valence-electron chi connectivity index (χ4n) is 4.20. The van der Waals surface area contributed by atoms with Gasteiger partial charge in [-0.2, -0.15) is 10.2 Å². The number of amides is 1. The van der Waals surface area contributed by atoms with Crippen LogP contribution in [0.15, 0.2) is 40.9 Å². The lowest BCUT2D eigenvalue weighted by Gasteiger charge is -2.18. The van der Waals surface area contributed by atoms with Crippen molar-refractivity contribution in [2.24, 2.45) is 0 Å². The van der Waals surface area contributed by atoms with Crippen LogP contribution in [0.1, 0.15) is 37.0 Å². The second kappa shape index (κ2) is 11.8. The Balaban J connectivity index is 1.45. The zero-order chi connectivity index (χ0) is 25.5. The van der Waals surface area contributed by atoms with Gasteiger partial charge in [0, 0.05) is 37.4 Å². The molecular formula is C27H31N5O4. The van der Waals surface area contributed by atoms with Crippen LogP contribution >= 0.6 is 0 Å². The van der Waals surface area contributed by atoms with Gasteiger partial charge in [0.2, 0.25) is 11.7 Å². The molecule has 36 heavy (non-hydrogen) atoms. The quantitative estimate of drug-likeness (QED) is 0.440. The second-order valence-corrected chi connectivity index (χ2v) is 9.10. The molecule has 0 fully saturated rings. The molecule has 0 spiro atoms. The zero-order valence-corrected chi connectivity index (χ0v) is 20.7. The van der Waals surface area contributed by atoms with Gasteiger partial charge in [0.15, 0.2) is 0 Å². The molecule has 1 aromatic heterocycles. The number of aromatic nitrogens is 2. The fourth-order valence-corrected chi connectivity index (χ4v) is 4.20. The number of hydrogen-bond donors (Lipinski definition) is 2. The molecular weight excluding hydrogens is 458 g/mol. The van der Waals surface area contributed by atoms with Gasteiger partial charge >= 0.3 is 0 Å². The molecule has 0 atom stereocenters. The molecule has 4 rings (SSSR count). The third-order valence-electron chi connectivity index (χ3n) is 6.02. The van der Waals surface area contributed by atoms with Crippen LogP contribution < -0.4 is 10.1 Å². The van der Waals surface area contributed by atoms with E-state index in [1.807, 2.05) is 19.9 Å². The number of rotatable bonds is 9. The summed E-state index contributed by atoms with van der Waals surface area (Å²) < 4.78 is 11.2. The Labute approximate surface area is 210 Å². The standard InChI is InChI=1S/C27H31N5O4/c1-18(2)35-24-7-6-22(15-23(24)16-28)27-30-26(31-36-27)21-5-4-19-8-11-32(12-9-20(19)14-21)17-25(34)29-10-3-13-33/h4-7,14-15,18,33H,3,8-13,17H2,1-2H3,(H,29,34). The van der Waals surface area contributed by atoms with Crippen LogP contribution in [-0.4, -0.2) is 64.9 Å². The molecule has 0 saturated heterocycles. The van der Waals surface area contributed by atoms with E-state index < -0.39 is 0 Å². The highest BCUT2D eigenvalue weighted by atomic mass is 16.5. The first-order valence-electron chi connectivity index (χ1n) is 12.2. The lowest BCUT2D eigenvalue weighted by molar-refractivity contribution is -0.122. The third-order valence-corrected chi connectivity index (χ3v) is 6.02. The smallest absolute Gasteiger partial charge is 0.258 e. The Morgan fingerprint density at radius 2 is 1.97 bits per heavy atom. The average molecular weight is 490 g/mol. The van der Waals surface area contributed by atoms with Crippen molar-refractivity contribution < 1.29 is 19.2 Å². The van der Waals surface area contributed by atoms with E-state index in [-0.39, 0.29) is 18.6 Å².